The molecule has 2 N–H and O–H groups in total. The van der Waals surface area contributed by atoms with Crippen molar-refractivity contribution in [1.29, 1.82) is 0 Å². The van der Waals surface area contributed by atoms with E-state index in [2.05, 4.69) is 37.8 Å². The minimum atomic E-state index is 0.0277. The van der Waals surface area contributed by atoms with Crippen LogP contribution in [0.1, 0.15) is 38.5 Å². The van der Waals surface area contributed by atoms with Crippen molar-refractivity contribution in [3.8, 4) is 11.3 Å². The third-order valence-corrected chi connectivity index (χ3v) is 8.91. The molecule has 3 fully saturated rings. The normalized spacial score (nSPS) is 19.8. The molecule has 1 saturated carbocycles. The molecule has 2 aromatic heterocycles. The maximum atomic E-state index is 13.1. The van der Waals surface area contributed by atoms with Gasteiger partial charge in [0.05, 0.1) is 18.6 Å². The van der Waals surface area contributed by atoms with Crippen LogP contribution in [0.4, 0.5) is 11.5 Å². The van der Waals surface area contributed by atoms with Gasteiger partial charge in [-0.1, -0.05) is 18.7 Å². The van der Waals surface area contributed by atoms with Crippen molar-refractivity contribution in [3.05, 3.63) is 49.3 Å². The highest BCUT2D eigenvalue weighted by Crippen LogP contribution is 2.46. The second-order valence-electron chi connectivity index (χ2n) is 11.1. The van der Waals surface area contributed by atoms with E-state index in [1.165, 1.54) is 6.08 Å². The number of anilines is 2. The van der Waals surface area contributed by atoms with Crippen LogP contribution < -0.4 is 10.2 Å². The van der Waals surface area contributed by atoms with E-state index in [0.717, 1.165) is 98.5 Å². The van der Waals surface area contributed by atoms with Gasteiger partial charge in [-0.2, -0.15) is 0 Å². The lowest BCUT2D eigenvalue weighted by molar-refractivity contribution is -0.129. The summed E-state index contributed by atoms with van der Waals surface area (Å²) in [7, 11) is 0. The molecule has 4 heterocycles. The maximum absolute atomic E-state index is 13.1. The highest BCUT2D eigenvalue weighted by atomic mass is 16.5. The molecule has 3 aliphatic rings. The molecule has 0 atom stereocenters. The summed E-state index contributed by atoms with van der Waals surface area (Å²) >= 11 is 0. The van der Waals surface area contributed by atoms with Crippen molar-refractivity contribution in [2.24, 2.45) is 11.3 Å². The second-order valence-corrected chi connectivity index (χ2v) is 11.1. The zero-order chi connectivity index (χ0) is 26.8. The minimum absolute atomic E-state index is 0.0277. The standard InChI is InChI=1S/C30H36N6O3/c1-2-26(37)35-13-11-30(12-14-35)9-7-22(8-10-30)29(38)33-23-5-3-21(4-6-23)25-19-24-27(34-25)31-20-32-28(24)36-15-17-39-18-16-36/h2-6,19-20,22H,1,7-18H2,(H,33,38)(H,31,32,34). The fourth-order valence-corrected chi connectivity index (χ4v) is 6.41. The zero-order valence-electron chi connectivity index (χ0n) is 22.3. The number of carbonyl (C=O) groups excluding carboxylic acids is 2. The van der Waals surface area contributed by atoms with Gasteiger partial charge in [0.1, 0.15) is 17.8 Å². The summed E-state index contributed by atoms with van der Waals surface area (Å²) in [4.78, 5) is 41.5. The highest BCUT2D eigenvalue weighted by Gasteiger charge is 2.40. The largest absolute Gasteiger partial charge is 0.378 e. The van der Waals surface area contributed by atoms with E-state index in [0.29, 0.717) is 13.2 Å². The number of hydrogen-bond acceptors (Lipinski definition) is 6. The number of likely N-dealkylation sites (tertiary alicyclic amines) is 1. The Morgan fingerprint density at radius 3 is 2.44 bits per heavy atom. The van der Waals surface area contributed by atoms with Crippen molar-refractivity contribution >= 4 is 34.4 Å². The summed E-state index contributed by atoms with van der Waals surface area (Å²) < 4.78 is 5.49. The Balaban J connectivity index is 1.06. The Kier molecular flexibility index (Phi) is 7.08. The summed E-state index contributed by atoms with van der Waals surface area (Å²) in [6.07, 6.45) is 8.97. The Hall–Kier alpha value is -3.72. The summed E-state index contributed by atoms with van der Waals surface area (Å²) in [6.45, 7) is 8.24. The first-order valence-electron chi connectivity index (χ1n) is 14.0. The van der Waals surface area contributed by atoms with Gasteiger partial charge in [0.15, 0.2) is 0 Å². The second kappa shape index (κ2) is 10.8. The van der Waals surface area contributed by atoms with Crippen LogP contribution in [0.15, 0.2) is 49.3 Å². The number of nitrogens with zero attached hydrogens (tertiary/aromatic N) is 4. The predicted molar refractivity (Wildman–Crippen MR) is 151 cm³/mol. The molecule has 0 radical (unpaired) electrons. The van der Waals surface area contributed by atoms with Crippen LogP contribution in [0, 0.1) is 11.3 Å². The van der Waals surface area contributed by atoms with Crippen LogP contribution in [-0.4, -0.2) is 71.1 Å². The number of H-pyrrole nitrogens is 1. The molecule has 2 aliphatic heterocycles. The number of nitrogens with one attached hydrogen (secondary N) is 2. The lowest BCUT2D eigenvalue weighted by Crippen LogP contribution is -2.44. The molecule has 39 heavy (non-hydrogen) atoms. The first kappa shape index (κ1) is 25.6. The van der Waals surface area contributed by atoms with Crippen LogP contribution >= 0.6 is 0 Å². The van der Waals surface area contributed by atoms with E-state index in [1.807, 2.05) is 29.2 Å². The number of hydrogen-bond donors (Lipinski definition) is 2. The number of benzene rings is 1. The van der Waals surface area contributed by atoms with Crippen LogP contribution in [0.25, 0.3) is 22.3 Å². The van der Waals surface area contributed by atoms with Crippen molar-refractivity contribution in [2.75, 3.05) is 49.6 Å². The lowest BCUT2D eigenvalue weighted by atomic mass is 9.65. The minimum Gasteiger partial charge on any atom is -0.378 e. The van der Waals surface area contributed by atoms with Crippen molar-refractivity contribution in [1.82, 2.24) is 19.9 Å². The number of rotatable bonds is 5. The average molecular weight is 529 g/mol. The van der Waals surface area contributed by atoms with Gasteiger partial charge in [-0.05, 0) is 73.8 Å². The van der Waals surface area contributed by atoms with Gasteiger partial charge in [0, 0.05) is 43.5 Å². The molecule has 0 bridgehead atoms. The lowest BCUT2D eigenvalue weighted by Gasteiger charge is -2.45. The molecule has 2 amide bonds. The predicted octanol–water partition coefficient (Wildman–Crippen LogP) is 4.39. The quantitative estimate of drug-likeness (QED) is 0.477. The smallest absolute Gasteiger partial charge is 0.245 e. The monoisotopic (exact) mass is 528 g/mol. The molecule has 9 nitrogen and oxygen atoms in total. The maximum Gasteiger partial charge on any atom is 0.245 e. The number of fused-ring (bicyclic) bond motifs is 1. The molecule has 1 spiro atoms. The van der Waals surface area contributed by atoms with Crippen LogP contribution in [0.2, 0.25) is 0 Å². The van der Waals surface area contributed by atoms with E-state index in [9.17, 15) is 9.59 Å². The molecule has 1 aromatic carbocycles. The van der Waals surface area contributed by atoms with Crippen molar-refractivity contribution < 1.29 is 14.3 Å². The molecule has 1 aliphatic carbocycles. The van der Waals surface area contributed by atoms with Gasteiger partial charge in [-0.3, -0.25) is 9.59 Å². The van der Waals surface area contributed by atoms with E-state index >= 15 is 0 Å². The van der Waals surface area contributed by atoms with Crippen LogP contribution in [0.5, 0.6) is 0 Å². The first-order chi connectivity index (χ1) is 19.0. The number of ether oxygens (including phenoxy) is 1. The molecule has 2 saturated heterocycles. The third kappa shape index (κ3) is 5.28. The number of carbonyl (C=O) groups is 2. The molecule has 9 heteroatoms. The number of aromatic nitrogens is 3. The fourth-order valence-electron chi connectivity index (χ4n) is 6.41. The third-order valence-electron chi connectivity index (χ3n) is 8.91. The number of piperidine rings is 1. The summed E-state index contributed by atoms with van der Waals surface area (Å²) in [5.74, 6) is 1.10. The van der Waals surface area contributed by atoms with Crippen molar-refractivity contribution in [2.45, 2.75) is 38.5 Å². The average Bonchev–Trinajstić information content (AvgIpc) is 3.43. The van der Waals surface area contributed by atoms with Gasteiger partial charge in [-0.15, -0.1) is 0 Å². The fraction of sp³-hybridized carbons (Fsp3) is 0.467. The summed E-state index contributed by atoms with van der Waals surface area (Å²) in [5.41, 5.74) is 3.90. The van der Waals surface area contributed by atoms with Gasteiger partial charge < -0.3 is 24.8 Å². The van der Waals surface area contributed by atoms with Crippen LogP contribution in [0.3, 0.4) is 0 Å². The molecule has 204 valence electrons. The van der Waals surface area contributed by atoms with E-state index in [1.54, 1.807) is 6.33 Å². The Labute approximate surface area is 228 Å². The highest BCUT2D eigenvalue weighted by molar-refractivity contribution is 5.94. The molecule has 3 aromatic rings. The number of aromatic amines is 1. The first-order valence-corrected chi connectivity index (χ1v) is 14.0. The SMILES string of the molecule is C=CC(=O)N1CCC2(CCC(C(=O)Nc3ccc(-c4cc5c(N6CCOCC6)ncnc5[nH]4)cc3)CC2)CC1. The van der Waals surface area contributed by atoms with Gasteiger partial charge in [0.25, 0.3) is 0 Å². The van der Waals surface area contributed by atoms with Gasteiger partial charge in [0.2, 0.25) is 11.8 Å². The topological polar surface area (TPSA) is 103 Å². The van der Waals surface area contributed by atoms with E-state index < -0.39 is 0 Å². The Morgan fingerprint density at radius 2 is 1.74 bits per heavy atom. The molecule has 6 rings (SSSR count). The zero-order valence-corrected chi connectivity index (χ0v) is 22.3. The molecule has 0 unspecified atom stereocenters. The molecular weight excluding hydrogens is 492 g/mol. The Bertz CT molecular complexity index is 1340. The van der Waals surface area contributed by atoms with Gasteiger partial charge in [-0.25, -0.2) is 9.97 Å². The summed E-state index contributed by atoms with van der Waals surface area (Å²) in [6, 6.07) is 10.1. The number of amides is 2. The van der Waals surface area contributed by atoms with Crippen LogP contribution in [-0.2, 0) is 14.3 Å². The Morgan fingerprint density at radius 1 is 1.03 bits per heavy atom. The van der Waals surface area contributed by atoms with E-state index in [-0.39, 0.29) is 23.1 Å². The van der Waals surface area contributed by atoms with Crippen molar-refractivity contribution in [3.63, 3.8) is 0 Å². The molecular formula is C30H36N6O3. The van der Waals surface area contributed by atoms with Gasteiger partial charge >= 0.3 is 0 Å². The van der Waals surface area contributed by atoms with E-state index in [4.69, 9.17) is 4.74 Å². The summed E-state index contributed by atoms with van der Waals surface area (Å²) in [5, 5.41) is 4.14. The number of morpholine rings is 1.